The average molecular weight is 263 g/mol. The van der Waals surface area contributed by atoms with E-state index in [0.717, 1.165) is 25.7 Å². The Hall–Kier alpha value is -1.53. The Kier molecular flexibility index (Phi) is 4.22. The summed E-state index contributed by atoms with van der Waals surface area (Å²) in [5.41, 5.74) is 0.588. The number of halogens is 1. The van der Waals surface area contributed by atoms with Crippen molar-refractivity contribution in [3.05, 3.63) is 34.9 Å². The standard InChI is InChI=1S/C14H15ClN2O/c15-12-3-1-2-11(8-12)14(18)17-13-6-4-10(9-16)5-7-13/h1-3,8,10,13H,4-7H2,(H,17,18). The molecule has 0 aromatic heterocycles. The van der Waals surface area contributed by atoms with Gasteiger partial charge in [0.25, 0.3) is 5.91 Å². The van der Waals surface area contributed by atoms with Crippen LogP contribution in [0.3, 0.4) is 0 Å². The Labute approximate surface area is 112 Å². The van der Waals surface area contributed by atoms with Gasteiger partial charge in [0.15, 0.2) is 0 Å². The molecule has 4 heteroatoms. The van der Waals surface area contributed by atoms with Crippen molar-refractivity contribution < 1.29 is 4.79 Å². The summed E-state index contributed by atoms with van der Waals surface area (Å²) in [7, 11) is 0. The maximum atomic E-state index is 12.0. The number of nitrogens with one attached hydrogen (secondary N) is 1. The zero-order chi connectivity index (χ0) is 13.0. The molecule has 1 fully saturated rings. The van der Waals surface area contributed by atoms with Gasteiger partial charge in [-0.2, -0.15) is 5.26 Å². The monoisotopic (exact) mass is 262 g/mol. The molecule has 0 unspecified atom stereocenters. The van der Waals surface area contributed by atoms with Gasteiger partial charge in [0, 0.05) is 22.5 Å². The van der Waals surface area contributed by atoms with E-state index in [1.807, 2.05) is 0 Å². The number of hydrogen-bond acceptors (Lipinski definition) is 2. The molecule has 1 saturated carbocycles. The Morgan fingerprint density at radius 2 is 2.06 bits per heavy atom. The third-order valence-corrected chi connectivity index (χ3v) is 3.57. The number of nitriles is 1. The van der Waals surface area contributed by atoms with Crippen molar-refractivity contribution in [2.24, 2.45) is 5.92 Å². The smallest absolute Gasteiger partial charge is 0.251 e. The van der Waals surface area contributed by atoms with Crippen molar-refractivity contribution in [1.82, 2.24) is 5.32 Å². The van der Waals surface area contributed by atoms with E-state index in [2.05, 4.69) is 11.4 Å². The average Bonchev–Trinajstić information content (AvgIpc) is 2.39. The van der Waals surface area contributed by atoms with E-state index in [4.69, 9.17) is 16.9 Å². The van der Waals surface area contributed by atoms with Crippen molar-refractivity contribution in [3.8, 4) is 6.07 Å². The maximum Gasteiger partial charge on any atom is 0.251 e. The van der Waals surface area contributed by atoms with E-state index in [9.17, 15) is 4.79 Å². The summed E-state index contributed by atoms with van der Waals surface area (Å²) in [6.45, 7) is 0. The minimum absolute atomic E-state index is 0.0853. The van der Waals surface area contributed by atoms with Gasteiger partial charge in [-0.15, -0.1) is 0 Å². The van der Waals surface area contributed by atoms with Crippen LogP contribution in [0.2, 0.25) is 5.02 Å². The summed E-state index contributed by atoms with van der Waals surface area (Å²) in [6.07, 6.45) is 3.50. The Morgan fingerprint density at radius 1 is 1.33 bits per heavy atom. The molecule has 18 heavy (non-hydrogen) atoms. The quantitative estimate of drug-likeness (QED) is 0.890. The summed E-state index contributed by atoms with van der Waals surface area (Å²) in [4.78, 5) is 12.0. The van der Waals surface area contributed by atoms with E-state index in [1.54, 1.807) is 24.3 Å². The van der Waals surface area contributed by atoms with Crippen LogP contribution in [-0.2, 0) is 0 Å². The highest BCUT2D eigenvalue weighted by atomic mass is 35.5. The lowest BCUT2D eigenvalue weighted by Crippen LogP contribution is -2.37. The topological polar surface area (TPSA) is 52.9 Å². The van der Waals surface area contributed by atoms with E-state index < -0.39 is 0 Å². The fourth-order valence-electron chi connectivity index (χ4n) is 2.27. The summed E-state index contributed by atoms with van der Waals surface area (Å²) in [5, 5.41) is 12.4. The van der Waals surface area contributed by atoms with Gasteiger partial charge in [0.05, 0.1) is 6.07 Å². The summed E-state index contributed by atoms with van der Waals surface area (Å²) in [6, 6.07) is 9.40. The van der Waals surface area contributed by atoms with Crippen molar-refractivity contribution in [3.63, 3.8) is 0 Å². The first-order chi connectivity index (χ1) is 8.69. The number of carbonyl (C=O) groups excluding carboxylic acids is 1. The van der Waals surface area contributed by atoms with Gasteiger partial charge in [0.1, 0.15) is 0 Å². The van der Waals surface area contributed by atoms with Crippen LogP contribution in [0.1, 0.15) is 36.0 Å². The van der Waals surface area contributed by atoms with Crippen molar-refractivity contribution in [1.29, 1.82) is 5.26 Å². The van der Waals surface area contributed by atoms with Gasteiger partial charge in [-0.3, -0.25) is 4.79 Å². The minimum Gasteiger partial charge on any atom is -0.349 e. The molecule has 1 amide bonds. The predicted octanol–water partition coefficient (Wildman–Crippen LogP) is 3.15. The molecule has 1 aromatic carbocycles. The molecule has 0 radical (unpaired) electrons. The first-order valence-electron chi connectivity index (χ1n) is 6.15. The molecule has 0 atom stereocenters. The van der Waals surface area contributed by atoms with Gasteiger partial charge >= 0.3 is 0 Å². The van der Waals surface area contributed by atoms with Crippen molar-refractivity contribution in [2.75, 3.05) is 0 Å². The van der Waals surface area contributed by atoms with E-state index in [1.165, 1.54) is 0 Å². The molecule has 1 aliphatic carbocycles. The highest BCUT2D eigenvalue weighted by Gasteiger charge is 2.22. The van der Waals surface area contributed by atoms with Gasteiger partial charge in [-0.05, 0) is 43.9 Å². The number of benzene rings is 1. The van der Waals surface area contributed by atoms with Gasteiger partial charge < -0.3 is 5.32 Å². The molecule has 94 valence electrons. The molecule has 1 N–H and O–H groups in total. The van der Waals surface area contributed by atoms with Crippen molar-refractivity contribution >= 4 is 17.5 Å². The molecular formula is C14H15ClN2O. The molecule has 1 aromatic rings. The van der Waals surface area contributed by atoms with Gasteiger partial charge in [0.2, 0.25) is 0 Å². The fourth-order valence-corrected chi connectivity index (χ4v) is 2.46. The normalized spacial score (nSPS) is 23.1. The van der Waals surface area contributed by atoms with Crippen LogP contribution in [0.15, 0.2) is 24.3 Å². The lowest BCUT2D eigenvalue weighted by molar-refractivity contribution is 0.0925. The molecule has 1 aliphatic rings. The molecule has 0 aliphatic heterocycles. The second kappa shape index (κ2) is 5.88. The summed E-state index contributed by atoms with van der Waals surface area (Å²) < 4.78 is 0. The highest BCUT2D eigenvalue weighted by molar-refractivity contribution is 6.30. The van der Waals surface area contributed by atoms with E-state index in [-0.39, 0.29) is 17.9 Å². The Morgan fingerprint density at radius 3 is 2.67 bits per heavy atom. The van der Waals surface area contributed by atoms with Crippen LogP contribution in [-0.4, -0.2) is 11.9 Å². The largest absolute Gasteiger partial charge is 0.349 e. The third-order valence-electron chi connectivity index (χ3n) is 3.33. The number of carbonyl (C=O) groups is 1. The van der Waals surface area contributed by atoms with Crippen LogP contribution in [0.4, 0.5) is 0 Å². The van der Waals surface area contributed by atoms with Crippen LogP contribution in [0, 0.1) is 17.2 Å². The first-order valence-corrected chi connectivity index (χ1v) is 6.53. The molecule has 0 saturated heterocycles. The molecule has 0 bridgehead atoms. The number of rotatable bonds is 2. The molecule has 0 spiro atoms. The summed E-state index contributed by atoms with van der Waals surface area (Å²) in [5.74, 6) is 0.0715. The highest BCUT2D eigenvalue weighted by Crippen LogP contribution is 2.23. The zero-order valence-electron chi connectivity index (χ0n) is 10.0. The summed E-state index contributed by atoms with van der Waals surface area (Å²) >= 11 is 5.85. The number of amides is 1. The zero-order valence-corrected chi connectivity index (χ0v) is 10.8. The molecular weight excluding hydrogens is 248 g/mol. The lowest BCUT2D eigenvalue weighted by atomic mass is 9.87. The third kappa shape index (κ3) is 3.24. The SMILES string of the molecule is N#CC1CCC(NC(=O)c2cccc(Cl)c2)CC1. The lowest BCUT2D eigenvalue weighted by Gasteiger charge is -2.25. The number of hydrogen-bond donors (Lipinski definition) is 1. The minimum atomic E-state index is -0.0853. The van der Waals surface area contributed by atoms with Gasteiger partial charge in [-0.25, -0.2) is 0 Å². The van der Waals surface area contributed by atoms with Crippen LogP contribution >= 0.6 is 11.6 Å². The van der Waals surface area contributed by atoms with Crippen molar-refractivity contribution in [2.45, 2.75) is 31.7 Å². The Balaban J connectivity index is 1.91. The molecule has 0 heterocycles. The second-order valence-corrected chi connectivity index (χ2v) is 5.10. The van der Waals surface area contributed by atoms with E-state index >= 15 is 0 Å². The maximum absolute atomic E-state index is 12.0. The fraction of sp³-hybridized carbons (Fsp3) is 0.429. The van der Waals surface area contributed by atoms with E-state index in [0.29, 0.717) is 10.6 Å². The van der Waals surface area contributed by atoms with Gasteiger partial charge in [-0.1, -0.05) is 17.7 Å². The Bertz CT molecular complexity index is 473. The first kappa shape index (κ1) is 12.9. The van der Waals surface area contributed by atoms with Crippen LogP contribution < -0.4 is 5.32 Å². The van der Waals surface area contributed by atoms with Crippen LogP contribution in [0.25, 0.3) is 0 Å². The second-order valence-electron chi connectivity index (χ2n) is 4.66. The number of nitrogens with zero attached hydrogens (tertiary/aromatic N) is 1. The predicted molar refractivity (Wildman–Crippen MR) is 70.3 cm³/mol. The van der Waals surface area contributed by atoms with Crippen LogP contribution in [0.5, 0.6) is 0 Å². The molecule has 3 nitrogen and oxygen atoms in total. The molecule has 2 rings (SSSR count).